The maximum Gasteiger partial charge on any atom is 0.253 e. The Morgan fingerprint density at radius 2 is 1.93 bits per heavy atom. The third-order valence-electron chi connectivity index (χ3n) is 5.75. The molecule has 1 amide bonds. The molecule has 4 nitrogen and oxygen atoms in total. The fourth-order valence-corrected chi connectivity index (χ4v) is 4.29. The molecule has 150 valence electrons. The first-order valence-electron chi connectivity index (χ1n) is 10.2. The van der Waals surface area contributed by atoms with Gasteiger partial charge < -0.3 is 10.6 Å². The van der Waals surface area contributed by atoms with Crippen LogP contribution in [0.5, 0.6) is 0 Å². The number of carbonyl (C=O) groups excluding carboxylic acids is 1. The molecule has 0 saturated heterocycles. The Kier molecular flexibility index (Phi) is 5.72. The molecule has 1 aliphatic carbocycles. The van der Waals surface area contributed by atoms with Crippen molar-refractivity contribution in [1.82, 2.24) is 10.3 Å². The van der Waals surface area contributed by atoms with Crippen molar-refractivity contribution in [2.45, 2.75) is 45.6 Å². The molecule has 1 heterocycles. The van der Waals surface area contributed by atoms with Crippen molar-refractivity contribution in [2.24, 2.45) is 5.92 Å². The largest absolute Gasteiger partial charge is 0.349 e. The van der Waals surface area contributed by atoms with Gasteiger partial charge in [-0.1, -0.05) is 61.7 Å². The van der Waals surface area contributed by atoms with Gasteiger partial charge >= 0.3 is 0 Å². The first-order valence-corrected chi connectivity index (χ1v) is 10.6. The number of anilines is 2. The van der Waals surface area contributed by atoms with Gasteiger partial charge in [0, 0.05) is 28.3 Å². The van der Waals surface area contributed by atoms with Crippen LogP contribution in [-0.2, 0) is 0 Å². The van der Waals surface area contributed by atoms with Gasteiger partial charge in [-0.05, 0) is 48.8 Å². The molecule has 2 aromatic carbocycles. The van der Waals surface area contributed by atoms with Crippen LogP contribution in [0.3, 0.4) is 0 Å². The number of nitrogens with zero attached hydrogens (tertiary/aromatic N) is 1. The fraction of sp³-hybridized carbons (Fsp3) is 0.333. The minimum atomic E-state index is -0.0438. The molecule has 1 fully saturated rings. The fourth-order valence-electron chi connectivity index (χ4n) is 4.11. The molecular formula is C24H26ClN3O. The molecule has 0 aliphatic heterocycles. The Balaban J connectivity index is 1.62. The highest BCUT2D eigenvalue weighted by Gasteiger charge is 2.22. The molecule has 1 aromatic heterocycles. The zero-order valence-corrected chi connectivity index (χ0v) is 17.6. The van der Waals surface area contributed by atoms with Gasteiger partial charge in [0.1, 0.15) is 5.82 Å². The molecular weight excluding hydrogens is 382 g/mol. The minimum absolute atomic E-state index is 0.0438. The van der Waals surface area contributed by atoms with Crippen molar-refractivity contribution < 1.29 is 4.79 Å². The van der Waals surface area contributed by atoms with E-state index in [1.165, 1.54) is 12.8 Å². The molecule has 2 N–H and O–H groups in total. The number of hydrogen-bond acceptors (Lipinski definition) is 3. The van der Waals surface area contributed by atoms with E-state index in [0.717, 1.165) is 34.9 Å². The number of aromatic nitrogens is 1. The average molecular weight is 408 g/mol. The Morgan fingerprint density at radius 1 is 1.14 bits per heavy atom. The van der Waals surface area contributed by atoms with Crippen molar-refractivity contribution in [2.75, 3.05) is 5.32 Å². The summed E-state index contributed by atoms with van der Waals surface area (Å²) in [4.78, 5) is 17.6. The van der Waals surface area contributed by atoms with E-state index in [2.05, 4.69) is 22.5 Å². The highest BCUT2D eigenvalue weighted by molar-refractivity contribution is 6.31. The van der Waals surface area contributed by atoms with Gasteiger partial charge in [0.05, 0.1) is 5.56 Å². The molecule has 29 heavy (non-hydrogen) atoms. The first-order chi connectivity index (χ1) is 14.0. The van der Waals surface area contributed by atoms with Crippen LogP contribution in [0.15, 0.2) is 48.7 Å². The maximum atomic E-state index is 13.0. The summed E-state index contributed by atoms with van der Waals surface area (Å²) in [7, 11) is 0. The lowest BCUT2D eigenvalue weighted by atomic mass is 9.87. The van der Waals surface area contributed by atoms with E-state index >= 15 is 0 Å². The lowest BCUT2D eigenvalue weighted by Crippen LogP contribution is -2.38. The Bertz CT molecular complexity index is 1050. The molecule has 1 saturated carbocycles. The third kappa shape index (κ3) is 4.38. The van der Waals surface area contributed by atoms with Crippen LogP contribution in [0.25, 0.3) is 10.8 Å². The zero-order valence-electron chi connectivity index (χ0n) is 16.8. The summed E-state index contributed by atoms with van der Waals surface area (Å²) >= 11 is 6.25. The number of benzene rings is 2. The second-order valence-corrected chi connectivity index (χ2v) is 8.50. The average Bonchev–Trinajstić information content (AvgIpc) is 2.71. The predicted molar refractivity (Wildman–Crippen MR) is 120 cm³/mol. The molecule has 1 aliphatic rings. The number of aryl methyl sites for hydroxylation is 1. The lowest BCUT2D eigenvalue weighted by Gasteiger charge is -2.27. The molecule has 3 aromatic rings. The quantitative estimate of drug-likeness (QED) is 0.537. The van der Waals surface area contributed by atoms with Crippen LogP contribution in [0.4, 0.5) is 11.5 Å². The van der Waals surface area contributed by atoms with Crippen molar-refractivity contribution in [3.63, 3.8) is 0 Å². The summed E-state index contributed by atoms with van der Waals surface area (Å²) in [6.07, 6.45) is 6.19. The van der Waals surface area contributed by atoms with Crippen LogP contribution in [0, 0.1) is 12.8 Å². The van der Waals surface area contributed by atoms with Crippen molar-refractivity contribution in [3.05, 3.63) is 64.8 Å². The number of pyridine rings is 1. The summed E-state index contributed by atoms with van der Waals surface area (Å²) in [6.45, 7) is 4.23. The van der Waals surface area contributed by atoms with Crippen LogP contribution in [0.1, 0.15) is 48.5 Å². The normalized spacial score (nSPS) is 19.1. The Hall–Kier alpha value is -2.59. The van der Waals surface area contributed by atoms with Gasteiger partial charge in [-0.2, -0.15) is 0 Å². The smallest absolute Gasteiger partial charge is 0.253 e. The first kappa shape index (κ1) is 19.7. The third-order valence-corrected chi connectivity index (χ3v) is 6.15. The SMILES string of the molecule is Cc1ccc(Nc2ncc(C(=O)N[C@@H]3CCC[C@@H](C)C3)c3ccccc23)cc1Cl. The predicted octanol–water partition coefficient (Wildman–Crippen LogP) is 6.25. The summed E-state index contributed by atoms with van der Waals surface area (Å²) < 4.78 is 0. The standard InChI is InChI=1S/C24H26ClN3O/c1-15-6-5-7-17(12-15)28-24(29)21-14-26-23(20-9-4-3-8-19(20)21)27-18-11-10-16(2)22(25)13-18/h3-4,8-11,13-15,17H,5-7,12H2,1-2H3,(H,26,27)(H,28,29)/t15-,17-/m1/s1. The number of amides is 1. The van der Waals surface area contributed by atoms with Crippen molar-refractivity contribution in [3.8, 4) is 0 Å². The van der Waals surface area contributed by atoms with E-state index in [1.807, 2.05) is 49.4 Å². The maximum absolute atomic E-state index is 13.0. The van der Waals surface area contributed by atoms with E-state index in [9.17, 15) is 4.79 Å². The Morgan fingerprint density at radius 3 is 2.69 bits per heavy atom. The summed E-state index contributed by atoms with van der Waals surface area (Å²) in [5.74, 6) is 1.33. The summed E-state index contributed by atoms with van der Waals surface area (Å²) in [6, 6.07) is 14.0. The zero-order chi connectivity index (χ0) is 20.4. The highest BCUT2D eigenvalue weighted by Crippen LogP contribution is 2.29. The van der Waals surface area contributed by atoms with Crippen LogP contribution in [0.2, 0.25) is 5.02 Å². The van der Waals surface area contributed by atoms with E-state index < -0.39 is 0 Å². The molecule has 2 atom stereocenters. The number of hydrogen-bond donors (Lipinski definition) is 2. The number of nitrogens with one attached hydrogen (secondary N) is 2. The lowest BCUT2D eigenvalue weighted by molar-refractivity contribution is 0.0923. The van der Waals surface area contributed by atoms with Crippen LogP contribution < -0.4 is 10.6 Å². The van der Waals surface area contributed by atoms with Gasteiger partial charge in [0.25, 0.3) is 5.91 Å². The summed E-state index contributed by atoms with van der Waals surface area (Å²) in [5.41, 5.74) is 2.51. The second-order valence-electron chi connectivity index (χ2n) is 8.10. The van der Waals surface area contributed by atoms with Gasteiger partial charge in [-0.3, -0.25) is 4.79 Å². The van der Waals surface area contributed by atoms with Gasteiger partial charge in [-0.15, -0.1) is 0 Å². The second kappa shape index (κ2) is 8.42. The number of halogens is 1. The molecule has 0 spiro atoms. The van der Waals surface area contributed by atoms with E-state index in [0.29, 0.717) is 22.3 Å². The minimum Gasteiger partial charge on any atom is -0.349 e. The van der Waals surface area contributed by atoms with E-state index in [-0.39, 0.29) is 11.9 Å². The van der Waals surface area contributed by atoms with Crippen molar-refractivity contribution in [1.29, 1.82) is 0 Å². The topological polar surface area (TPSA) is 54.0 Å². The highest BCUT2D eigenvalue weighted by atomic mass is 35.5. The number of carbonyl (C=O) groups is 1. The molecule has 0 unspecified atom stereocenters. The monoisotopic (exact) mass is 407 g/mol. The van der Waals surface area contributed by atoms with Gasteiger partial charge in [0.15, 0.2) is 0 Å². The van der Waals surface area contributed by atoms with Crippen LogP contribution in [-0.4, -0.2) is 16.9 Å². The molecule has 4 rings (SSSR count). The van der Waals surface area contributed by atoms with E-state index in [4.69, 9.17) is 11.6 Å². The van der Waals surface area contributed by atoms with Crippen molar-refractivity contribution >= 4 is 39.8 Å². The van der Waals surface area contributed by atoms with Gasteiger partial charge in [-0.25, -0.2) is 4.98 Å². The molecule has 5 heteroatoms. The Labute approximate surface area is 176 Å². The number of fused-ring (bicyclic) bond motifs is 1. The van der Waals surface area contributed by atoms with E-state index in [1.54, 1.807) is 6.20 Å². The summed E-state index contributed by atoms with van der Waals surface area (Å²) in [5, 5.41) is 9.07. The molecule has 0 radical (unpaired) electrons. The van der Waals surface area contributed by atoms with Crippen LogP contribution >= 0.6 is 11.6 Å². The molecule has 0 bridgehead atoms. The number of rotatable bonds is 4. The van der Waals surface area contributed by atoms with Gasteiger partial charge in [0.2, 0.25) is 0 Å².